The van der Waals surface area contributed by atoms with Gasteiger partial charge in [-0.2, -0.15) is 5.10 Å². The Morgan fingerprint density at radius 1 is 1.23 bits per heavy atom. The first kappa shape index (κ1) is 16.7. The van der Waals surface area contributed by atoms with Gasteiger partial charge in [-0.15, -0.1) is 0 Å². The summed E-state index contributed by atoms with van der Waals surface area (Å²) in [5, 5.41) is 13.8. The number of hydrazone groups is 1. The fraction of sp³-hybridized carbons (Fsp3) is 0.125. The second kappa shape index (κ2) is 7.56. The molecule has 0 spiro atoms. The quantitative estimate of drug-likeness (QED) is 0.576. The van der Waals surface area contributed by atoms with Crippen molar-refractivity contribution >= 4 is 44.0 Å². The molecule has 2 N–H and O–H groups in total. The van der Waals surface area contributed by atoms with Gasteiger partial charge >= 0.3 is 0 Å². The van der Waals surface area contributed by atoms with Crippen LogP contribution in [0.5, 0.6) is 5.75 Å². The van der Waals surface area contributed by atoms with Crippen LogP contribution in [0, 0.1) is 6.92 Å². The fourth-order valence-electron chi connectivity index (χ4n) is 1.86. The molecule has 1 amide bonds. The molecule has 0 aliphatic carbocycles. The highest BCUT2D eigenvalue weighted by atomic mass is 79.9. The van der Waals surface area contributed by atoms with Gasteiger partial charge in [-0.3, -0.25) is 4.79 Å². The number of phenols is 1. The minimum atomic E-state index is -0.218. The molecule has 0 saturated carbocycles. The first-order chi connectivity index (χ1) is 10.5. The summed E-state index contributed by atoms with van der Waals surface area (Å²) in [4.78, 5) is 11.8. The minimum absolute atomic E-state index is 0.147. The van der Waals surface area contributed by atoms with Gasteiger partial charge in [0.25, 0.3) is 0 Å². The molecule has 0 unspecified atom stereocenters. The summed E-state index contributed by atoms with van der Waals surface area (Å²) >= 11 is 6.70. The average molecular weight is 426 g/mol. The van der Waals surface area contributed by atoms with E-state index in [1.54, 1.807) is 19.1 Å². The highest BCUT2D eigenvalue weighted by Gasteiger charge is 2.05. The predicted octanol–water partition coefficient (Wildman–Crippen LogP) is 3.92. The SMILES string of the molecule is Cc1cc(Br)cc(/C=N/NC(=O)Cc2ccc(Br)cc2)c1O. The van der Waals surface area contributed by atoms with Crippen molar-refractivity contribution < 1.29 is 9.90 Å². The van der Waals surface area contributed by atoms with Crippen LogP contribution in [0.4, 0.5) is 0 Å². The Labute approximate surface area is 145 Å². The number of nitrogens with zero attached hydrogens (tertiary/aromatic N) is 1. The third-order valence-electron chi connectivity index (χ3n) is 2.97. The van der Waals surface area contributed by atoms with Gasteiger partial charge in [0.15, 0.2) is 0 Å². The van der Waals surface area contributed by atoms with E-state index in [9.17, 15) is 9.90 Å². The van der Waals surface area contributed by atoms with Crippen molar-refractivity contribution in [3.8, 4) is 5.75 Å². The lowest BCUT2D eigenvalue weighted by molar-refractivity contribution is -0.120. The fourth-order valence-corrected chi connectivity index (χ4v) is 2.72. The Bertz CT molecular complexity index is 713. The molecule has 0 atom stereocenters. The second-order valence-electron chi connectivity index (χ2n) is 4.76. The molecule has 0 bridgehead atoms. The first-order valence-corrected chi connectivity index (χ1v) is 8.10. The van der Waals surface area contributed by atoms with E-state index in [4.69, 9.17) is 0 Å². The third-order valence-corrected chi connectivity index (χ3v) is 3.95. The van der Waals surface area contributed by atoms with Crippen molar-refractivity contribution in [2.45, 2.75) is 13.3 Å². The Morgan fingerprint density at radius 3 is 2.59 bits per heavy atom. The maximum atomic E-state index is 11.8. The Morgan fingerprint density at radius 2 is 1.91 bits per heavy atom. The van der Waals surface area contributed by atoms with Gasteiger partial charge in [-0.25, -0.2) is 5.43 Å². The van der Waals surface area contributed by atoms with Crippen molar-refractivity contribution in [3.05, 3.63) is 62.0 Å². The van der Waals surface area contributed by atoms with Gasteiger partial charge in [0.05, 0.1) is 12.6 Å². The smallest absolute Gasteiger partial charge is 0.244 e. The summed E-state index contributed by atoms with van der Waals surface area (Å²) in [7, 11) is 0. The van der Waals surface area contributed by atoms with Gasteiger partial charge in [0.2, 0.25) is 5.91 Å². The summed E-state index contributed by atoms with van der Waals surface area (Å²) in [6, 6.07) is 11.0. The second-order valence-corrected chi connectivity index (χ2v) is 6.59. The molecular formula is C16H14Br2N2O2. The largest absolute Gasteiger partial charge is 0.507 e. The molecule has 114 valence electrons. The van der Waals surface area contributed by atoms with Crippen molar-refractivity contribution in [2.24, 2.45) is 5.10 Å². The molecule has 22 heavy (non-hydrogen) atoms. The zero-order valence-electron chi connectivity index (χ0n) is 11.8. The van der Waals surface area contributed by atoms with Crippen molar-refractivity contribution in [2.75, 3.05) is 0 Å². The number of hydrogen-bond donors (Lipinski definition) is 2. The molecule has 2 aromatic carbocycles. The lowest BCUT2D eigenvalue weighted by Gasteiger charge is -2.04. The minimum Gasteiger partial charge on any atom is -0.507 e. The van der Waals surface area contributed by atoms with Crippen LogP contribution in [0.15, 0.2) is 50.4 Å². The zero-order chi connectivity index (χ0) is 16.1. The molecular weight excluding hydrogens is 412 g/mol. The molecule has 0 heterocycles. The lowest BCUT2D eigenvalue weighted by Crippen LogP contribution is -2.19. The number of hydrogen-bond acceptors (Lipinski definition) is 3. The van der Waals surface area contributed by atoms with E-state index in [0.29, 0.717) is 5.56 Å². The van der Waals surface area contributed by atoms with E-state index < -0.39 is 0 Å². The van der Waals surface area contributed by atoms with Crippen LogP contribution in [0.25, 0.3) is 0 Å². The number of phenolic OH excluding ortho intramolecular Hbond substituents is 1. The number of amides is 1. The third kappa shape index (κ3) is 4.68. The van der Waals surface area contributed by atoms with Crippen LogP contribution in [-0.2, 0) is 11.2 Å². The van der Waals surface area contributed by atoms with Gasteiger partial charge in [-0.05, 0) is 42.3 Å². The first-order valence-electron chi connectivity index (χ1n) is 6.51. The lowest BCUT2D eigenvalue weighted by atomic mass is 10.1. The maximum Gasteiger partial charge on any atom is 0.244 e. The Balaban J connectivity index is 1.97. The molecule has 0 aliphatic heterocycles. The van der Waals surface area contributed by atoms with E-state index in [1.165, 1.54) is 6.21 Å². The number of halogens is 2. The van der Waals surface area contributed by atoms with Gasteiger partial charge in [0.1, 0.15) is 5.75 Å². The van der Waals surface area contributed by atoms with E-state index in [-0.39, 0.29) is 18.1 Å². The van der Waals surface area contributed by atoms with Crippen LogP contribution < -0.4 is 5.43 Å². The maximum absolute atomic E-state index is 11.8. The van der Waals surface area contributed by atoms with Crippen LogP contribution in [0.1, 0.15) is 16.7 Å². The molecule has 0 radical (unpaired) electrons. The number of benzene rings is 2. The van der Waals surface area contributed by atoms with E-state index >= 15 is 0 Å². The van der Waals surface area contributed by atoms with Crippen LogP contribution >= 0.6 is 31.9 Å². The summed E-state index contributed by atoms with van der Waals surface area (Å²) in [5.74, 6) is -0.0705. The Hall–Kier alpha value is -1.66. The molecule has 2 aromatic rings. The summed E-state index contributed by atoms with van der Waals surface area (Å²) in [6.45, 7) is 1.80. The van der Waals surface area contributed by atoms with Crippen LogP contribution in [0.3, 0.4) is 0 Å². The molecule has 0 aliphatic rings. The number of aromatic hydroxyl groups is 1. The highest BCUT2D eigenvalue weighted by Crippen LogP contribution is 2.25. The van der Waals surface area contributed by atoms with E-state index in [1.807, 2.05) is 24.3 Å². The van der Waals surface area contributed by atoms with Gasteiger partial charge in [-0.1, -0.05) is 44.0 Å². The standard InChI is InChI=1S/C16H14Br2N2O2/c1-10-6-14(18)8-12(16(10)22)9-19-20-15(21)7-11-2-4-13(17)5-3-11/h2-6,8-9,22H,7H2,1H3,(H,20,21)/b19-9+. The molecule has 6 heteroatoms. The van der Waals surface area contributed by atoms with Crippen molar-refractivity contribution in [3.63, 3.8) is 0 Å². The number of carbonyl (C=O) groups is 1. The molecule has 0 aromatic heterocycles. The predicted molar refractivity (Wildman–Crippen MR) is 94.1 cm³/mol. The number of nitrogens with one attached hydrogen (secondary N) is 1. The Kier molecular flexibility index (Phi) is 5.74. The molecule has 4 nitrogen and oxygen atoms in total. The van der Waals surface area contributed by atoms with Crippen molar-refractivity contribution in [1.29, 1.82) is 0 Å². The van der Waals surface area contributed by atoms with Crippen molar-refractivity contribution in [1.82, 2.24) is 5.43 Å². The van der Waals surface area contributed by atoms with Crippen LogP contribution in [0.2, 0.25) is 0 Å². The molecule has 0 fully saturated rings. The van der Waals surface area contributed by atoms with E-state index in [2.05, 4.69) is 42.4 Å². The number of carbonyl (C=O) groups excluding carboxylic acids is 1. The monoisotopic (exact) mass is 424 g/mol. The summed E-state index contributed by atoms with van der Waals surface area (Å²) in [6.07, 6.45) is 1.67. The summed E-state index contributed by atoms with van der Waals surface area (Å²) in [5.41, 5.74) is 4.62. The summed E-state index contributed by atoms with van der Waals surface area (Å²) < 4.78 is 1.81. The zero-order valence-corrected chi connectivity index (χ0v) is 15.0. The number of aryl methyl sites for hydroxylation is 1. The molecule has 0 saturated heterocycles. The van der Waals surface area contributed by atoms with Crippen LogP contribution in [-0.4, -0.2) is 17.2 Å². The van der Waals surface area contributed by atoms with E-state index in [0.717, 1.165) is 20.1 Å². The average Bonchev–Trinajstić information content (AvgIpc) is 2.46. The topological polar surface area (TPSA) is 61.7 Å². The molecule has 2 rings (SSSR count). The van der Waals surface area contributed by atoms with Gasteiger partial charge in [0, 0.05) is 14.5 Å². The highest BCUT2D eigenvalue weighted by molar-refractivity contribution is 9.10. The normalized spacial score (nSPS) is 10.9. The number of rotatable bonds is 4. The van der Waals surface area contributed by atoms with Gasteiger partial charge < -0.3 is 5.11 Å².